The van der Waals surface area contributed by atoms with E-state index >= 15 is 0 Å². The summed E-state index contributed by atoms with van der Waals surface area (Å²) in [6, 6.07) is 59.1. The first-order chi connectivity index (χ1) is 25.8. The Bertz CT molecular complexity index is 3190. The molecule has 0 N–H and O–H groups in total. The topological polar surface area (TPSA) is 56.7 Å². The summed E-state index contributed by atoms with van der Waals surface area (Å²) in [6.07, 6.45) is 0. The Balaban J connectivity index is 1.25. The molecule has 3 aromatic heterocycles. The minimum Gasteiger partial charge on any atom is -0.455 e. The van der Waals surface area contributed by atoms with Crippen LogP contribution in [0.1, 0.15) is 0 Å². The van der Waals surface area contributed by atoms with Crippen molar-refractivity contribution in [3.8, 4) is 39.9 Å². The van der Waals surface area contributed by atoms with Gasteiger partial charge in [0.2, 0.25) is 0 Å². The molecular weight excluding hydrogens is 637 g/mol. The second-order valence-corrected chi connectivity index (χ2v) is 13.2. The van der Waals surface area contributed by atoms with Crippen molar-refractivity contribution in [3.63, 3.8) is 0 Å². The van der Waals surface area contributed by atoms with Gasteiger partial charge >= 0.3 is 0 Å². The molecule has 3 heterocycles. The van der Waals surface area contributed by atoms with E-state index in [0.717, 1.165) is 82.3 Å². The first-order valence-corrected chi connectivity index (χ1v) is 17.5. The third-order valence-electron chi connectivity index (χ3n) is 10.2. The molecule has 11 rings (SSSR count). The molecule has 0 bridgehead atoms. The summed E-state index contributed by atoms with van der Waals surface area (Å²) < 4.78 is 8.86. The standard InChI is InChI=1S/C47H28N4O/c1-2-15-31(16-3-1)51-39-24-8-6-19-35(39)43-37(22-12-25-40(43)51)46-48-45(36-21-10-14-30-28-27-29-13-4-5-17-32(29)42(30)36)49-47(50-46)38-23-11-20-34-33-18-7-9-26-41(33)52-44(34)38/h1-28H. The van der Waals surface area contributed by atoms with Crippen LogP contribution in [-0.4, -0.2) is 19.5 Å². The highest BCUT2D eigenvalue weighted by Gasteiger charge is 2.22. The molecule has 0 fully saturated rings. The van der Waals surface area contributed by atoms with Gasteiger partial charge in [-0.2, -0.15) is 0 Å². The number of nitrogens with zero attached hydrogens (tertiary/aromatic N) is 4. The first-order valence-electron chi connectivity index (χ1n) is 17.5. The summed E-state index contributed by atoms with van der Waals surface area (Å²) in [5, 5.41) is 8.89. The molecule has 0 aliphatic carbocycles. The SMILES string of the molecule is c1ccc(-n2c3ccccc3c3c(-c4nc(-c5cccc6c5oc5ccccc56)nc(-c5cccc6ccc7ccccc7c56)n4)cccc32)cc1. The zero-order valence-electron chi connectivity index (χ0n) is 27.9. The maximum absolute atomic E-state index is 6.53. The highest BCUT2D eigenvalue weighted by molar-refractivity contribution is 6.16. The molecule has 0 unspecified atom stereocenters. The van der Waals surface area contributed by atoms with Crippen molar-refractivity contribution in [1.29, 1.82) is 0 Å². The van der Waals surface area contributed by atoms with Crippen molar-refractivity contribution in [1.82, 2.24) is 19.5 Å². The zero-order valence-corrected chi connectivity index (χ0v) is 27.9. The van der Waals surface area contributed by atoms with E-state index in [-0.39, 0.29) is 0 Å². The summed E-state index contributed by atoms with van der Waals surface area (Å²) in [5.74, 6) is 1.77. The molecule has 0 atom stereocenters. The molecule has 5 nitrogen and oxygen atoms in total. The van der Waals surface area contributed by atoms with Crippen LogP contribution < -0.4 is 0 Å². The summed E-state index contributed by atoms with van der Waals surface area (Å²) in [5.41, 5.74) is 7.62. The number of aromatic nitrogens is 4. The van der Waals surface area contributed by atoms with Gasteiger partial charge in [0.15, 0.2) is 17.5 Å². The Morgan fingerprint density at radius 1 is 0.365 bits per heavy atom. The van der Waals surface area contributed by atoms with Crippen LogP contribution in [0.25, 0.3) is 105 Å². The van der Waals surface area contributed by atoms with Crippen LogP contribution in [0.15, 0.2) is 174 Å². The van der Waals surface area contributed by atoms with Crippen LogP contribution in [0.5, 0.6) is 0 Å². The molecule has 11 aromatic rings. The fourth-order valence-corrected chi connectivity index (χ4v) is 7.97. The average Bonchev–Trinajstić information content (AvgIpc) is 3.77. The smallest absolute Gasteiger partial charge is 0.167 e. The van der Waals surface area contributed by atoms with Gasteiger partial charge in [0.25, 0.3) is 0 Å². The van der Waals surface area contributed by atoms with Crippen molar-refractivity contribution in [2.24, 2.45) is 0 Å². The van der Waals surface area contributed by atoms with E-state index in [1.165, 1.54) is 5.39 Å². The maximum Gasteiger partial charge on any atom is 0.167 e. The molecule has 8 aromatic carbocycles. The molecule has 242 valence electrons. The highest BCUT2D eigenvalue weighted by atomic mass is 16.3. The quantitative estimate of drug-likeness (QED) is 0.176. The van der Waals surface area contributed by atoms with Gasteiger partial charge in [-0.05, 0) is 52.6 Å². The first kappa shape index (κ1) is 28.7. The Hall–Kier alpha value is -7.11. The minimum atomic E-state index is 0.561. The van der Waals surface area contributed by atoms with Crippen LogP contribution in [0, 0.1) is 0 Å². The number of hydrogen-bond acceptors (Lipinski definition) is 4. The number of furan rings is 1. The third-order valence-corrected chi connectivity index (χ3v) is 10.2. The number of fused-ring (bicyclic) bond motifs is 9. The average molecular weight is 665 g/mol. The van der Waals surface area contributed by atoms with Gasteiger partial charge < -0.3 is 8.98 Å². The van der Waals surface area contributed by atoms with E-state index in [0.29, 0.717) is 17.5 Å². The Kier molecular flexibility index (Phi) is 6.18. The maximum atomic E-state index is 6.53. The molecule has 0 radical (unpaired) electrons. The molecule has 0 aliphatic rings. The summed E-state index contributed by atoms with van der Waals surface area (Å²) in [6.45, 7) is 0. The molecule has 0 aliphatic heterocycles. The minimum absolute atomic E-state index is 0.561. The van der Waals surface area contributed by atoms with Crippen LogP contribution >= 0.6 is 0 Å². The highest BCUT2D eigenvalue weighted by Crippen LogP contribution is 2.41. The number of rotatable bonds is 4. The number of para-hydroxylation sites is 4. The summed E-state index contributed by atoms with van der Waals surface area (Å²) in [4.78, 5) is 16.0. The Morgan fingerprint density at radius 3 is 1.77 bits per heavy atom. The van der Waals surface area contributed by atoms with Gasteiger partial charge in [0, 0.05) is 43.7 Å². The largest absolute Gasteiger partial charge is 0.455 e. The molecule has 0 spiro atoms. The summed E-state index contributed by atoms with van der Waals surface area (Å²) >= 11 is 0. The normalized spacial score (nSPS) is 11.8. The fourth-order valence-electron chi connectivity index (χ4n) is 7.97. The van der Waals surface area contributed by atoms with Crippen molar-refractivity contribution >= 4 is 65.3 Å². The number of hydrogen-bond donors (Lipinski definition) is 0. The van der Waals surface area contributed by atoms with E-state index in [9.17, 15) is 0 Å². The molecular formula is C47H28N4O. The molecule has 5 heteroatoms. The van der Waals surface area contributed by atoms with E-state index < -0.39 is 0 Å². The predicted octanol–water partition coefficient (Wildman–Crippen LogP) is 12.2. The van der Waals surface area contributed by atoms with Gasteiger partial charge in [-0.1, -0.05) is 133 Å². The van der Waals surface area contributed by atoms with Crippen LogP contribution in [-0.2, 0) is 0 Å². The van der Waals surface area contributed by atoms with Crippen molar-refractivity contribution in [2.75, 3.05) is 0 Å². The van der Waals surface area contributed by atoms with Gasteiger partial charge in [0.1, 0.15) is 11.2 Å². The van der Waals surface area contributed by atoms with Crippen molar-refractivity contribution < 1.29 is 4.42 Å². The Morgan fingerprint density at radius 2 is 0.923 bits per heavy atom. The molecule has 0 saturated carbocycles. The van der Waals surface area contributed by atoms with E-state index in [2.05, 4.69) is 150 Å². The van der Waals surface area contributed by atoms with Gasteiger partial charge in [-0.15, -0.1) is 0 Å². The van der Waals surface area contributed by atoms with E-state index in [1.807, 2.05) is 24.3 Å². The van der Waals surface area contributed by atoms with Crippen LogP contribution in [0.2, 0.25) is 0 Å². The lowest BCUT2D eigenvalue weighted by Gasteiger charge is -2.13. The van der Waals surface area contributed by atoms with Crippen molar-refractivity contribution in [3.05, 3.63) is 170 Å². The van der Waals surface area contributed by atoms with E-state index in [1.54, 1.807) is 0 Å². The van der Waals surface area contributed by atoms with Crippen LogP contribution in [0.4, 0.5) is 0 Å². The van der Waals surface area contributed by atoms with Crippen LogP contribution in [0.3, 0.4) is 0 Å². The zero-order chi connectivity index (χ0) is 34.2. The molecule has 0 amide bonds. The van der Waals surface area contributed by atoms with Gasteiger partial charge in [0.05, 0.1) is 16.6 Å². The second kappa shape index (κ2) is 11.2. The second-order valence-electron chi connectivity index (χ2n) is 13.2. The molecule has 52 heavy (non-hydrogen) atoms. The molecule has 0 saturated heterocycles. The van der Waals surface area contributed by atoms with Gasteiger partial charge in [-0.3, -0.25) is 0 Å². The number of benzene rings is 8. The lowest BCUT2D eigenvalue weighted by atomic mass is 9.97. The lowest BCUT2D eigenvalue weighted by Crippen LogP contribution is -2.01. The predicted molar refractivity (Wildman–Crippen MR) is 213 cm³/mol. The Labute approximate surface area is 298 Å². The monoisotopic (exact) mass is 664 g/mol. The lowest BCUT2D eigenvalue weighted by molar-refractivity contribution is 0.669. The van der Waals surface area contributed by atoms with Crippen molar-refractivity contribution in [2.45, 2.75) is 0 Å². The van der Waals surface area contributed by atoms with E-state index in [4.69, 9.17) is 19.4 Å². The fraction of sp³-hybridized carbons (Fsp3) is 0. The van der Waals surface area contributed by atoms with Gasteiger partial charge in [-0.25, -0.2) is 15.0 Å². The summed E-state index contributed by atoms with van der Waals surface area (Å²) in [7, 11) is 0. The third kappa shape index (κ3) is 4.26.